The molecule has 0 spiro atoms. The molecule has 6 N–H and O–H groups in total. The highest BCUT2D eigenvalue weighted by atomic mass is 16.6. The van der Waals surface area contributed by atoms with Crippen molar-refractivity contribution in [3.63, 3.8) is 0 Å². The van der Waals surface area contributed by atoms with Crippen LogP contribution in [0.4, 0.5) is 11.6 Å². The lowest BCUT2D eigenvalue weighted by Crippen LogP contribution is -2.33. The number of benzene rings is 1. The van der Waals surface area contributed by atoms with Crippen molar-refractivity contribution in [2.75, 3.05) is 17.8 Å². The van der Waals surface area contributed by atoms with E-state index in [2.05, 4.69) is 36.5 Å². The van der Waals surface area contributed by atoms with E-state index in [4.69, 9.17) is 15.7 Å². The maximum absolute atomic E-state index is 10.4. The molecule has 1 aromatic carbocycles. The van der Waals surface area contributed by atoms with E-state index in [1.165, 1.54) is 10.9 Å². The summed E-state index contributed by atoms with van der Waals surface area (Å²) < 4.78 is 7.05. The fourth-order valence-corrected chi connectivity index (χ4v) is 3.84. The van der Waals surface area contributed by atoms with Crippen molar-refractivity contribution in [2.45, 2.75) is 24.5 Å². The van der Waals surface area contributed by atoms with Gasteiger partial charge in [-0.1, -0.05) is 12.1 Å². The summed E-state index contributed by atoms with van der Waals surface area (Å²) in [6.07, 6.45) is -0.0459. The topological polar surface area (TPSA) is 201 Å². The molecule has 0 amide bonds. The Hall–Kier alpha value is -4.48. The van der Waals surface area contributed by atoms with Gasteiger partial charge in [-0.3, -0.25) is 9.99 Å². The predicted octanol–water partition coefficient (Wildman–Crippen LogP) is 0.400. The highest BCUT2D eigenvalue weighted by Gasteiger charge is 2.44. The Bertz CT molecular complexity index is 1460. The molecule has 5 rings (SSSR count). The summed E-state index contributed by atoms with van der Waals surface area (Å²) in [5, 5.41) is 43.1. The van der Waals surface area contributed by atoms with Crippen LogP contribution in [0.5, 0.6) is 0 Å². The van der Waals surface area contributed by atoms with Crippen LogP contribution in [-0.2, 0) is 4.74 Å². The lowest BCUT2D eigenvalue weighted by Gasteiger charge is -2.17. The van der Waals surface area contributed by atoms with E-state index in [0.29, 0.717) is 16.9 Å². The van der Waals surface area contributed by atoms with Crippen LogP contribution in [-0.4, -0.2) is 71.0 Å². The Morgan fingerprint density at radius 3 is 2.69 bits per heavy atom. The number of nitrogens with one attached hydrogen (secondary N) is 1. The van der Waals surface area contributed by atoms with Crippen molar-refractivity contribution < 1.29 is 20.1 Å². The average molecular weight is 487 g/mol. The van der Waals surface area contributed by atoms with E-state index in [-0.39, 0.29) is 22.8 Å². The molecule has 13 heteroatoms. The van der Waals surface area contributed by atoms with Gasteiger partial charge in [0.25, 0.3) is 0 Å². The number of aliphatic hydroxyl groups excluding tert-OH is 3. The van der Waals surface area contributed by atoms with Crippen molar-refractivity contribution in [3.05, 3.63) is 60.0 Å². The van der Waals surface area contributed by atoms with Crippen molar-refractivity contribution >= 4 is 29.0 Å². The van der Waals surface area contributed by atoms with Gasteiger partial charge in [0.2, 0.25) is 0 Å². The first kappa shape index (κ1) is 23.3. The lowest BCUT2D eigenvalue weighted by atomic mass is 10.1. The number of nitriles is 1. The Kier molecular flexibility index (Phi) is 6.23. The van der Waals surface area contributed by atoms with Crippen LogP contribution < -0.4 is 11.2 Å². The Balaban J connectivity index is 1.47. The molecule has 3 aromatic heterocycles. The summed E-state index contributed by atoms with van der Waals surface area (Å²) >= 11 is 0. The van der Waals surface area contributed by atoms with Crippen LogP contribution in [0.25, 0.3) is 22.6 Å². The van der Waals surface area contributed by atoms with Gasteiger partial charge in [0.05, 0.1) is 36.3 Å². The molecule has 13 nitrogen and oxygen atoms in total. The smallest absolute Gasteiger partial charge is 0.168 e. The van der Waals surface area contributed by atoms with Gasteiger partial charge in [0, 0.05) is 6.20 Å². The molecule has 1 aliphatic rings. The van der Waals surface area contributed by atoms with Gasteiger partial charge >= 0.3 is 0 Å². The summed E-state index contributed by atoms with van der Waals surface area (Å²) in [5.41, 5.74) is 11.4. The fourth-order valence-electron chi connectivity index (χ4n) is 3.84. The molecule has 1 saturated heterocycles. The third kappa shape index (κ3) is 4.21. The molecule has 182 valence electrons. The van der Waals surface area contributed by atoms with Gasteiger partial charge in [-0.05, 0) is 29.8 Å². The number of pyridine rings is 1. The maximum Gasteiger partial charge on any atom is 0.168 e. The van der Waals surface area contributed by atoms with Crippen molar-refractivity contribution in [1.29, 1.82) is 5.26 Å². The molecule has 1 aliphatic heterocycles. The van der Waals surface area contributed by atoms with Crippen LogP contribution in [0, 0.1) is 11.3 Å². The monoisotopic (exact) mass is 487 g/mol. The molecule has 4 heterocycles. The van der Waals surface area contributed by atoms with Gasteiger partial charge in [0.1, 0.15) is 23.8 Å². The minimum absolute atomic E-state index is 0.0939. The van der Waals surface area contributed by atoms with Crippen LogP contribution in [0.2, 0.25) is 0 Å². The SMILES string of the molecule is N#Cc1ccc(/C=N/Nc2ncccc2-c2nc(N)c3ncn([C@@H]4O[C@H](CO)[C@@H](O)[C@H]4O)c3n2)cc1. The molecular weight excluding hydrogens is 466 g/mol. The second-order valence-electron chi connectivity index (χ2n) is 7.99. The van der Waals surface area contributed by atoms with Crippen molar-refractivity contribution in [2.24, 2.45) is 5.10 Å². The minimum Gasteiger partial charge on any atom is -0.394 e. The third-order valence-corrected chi connectivity index (χ3v) is 5.71. The van der Waals surface area contributed by atoms with Crippen LogP contribution >= 0.6 is 0 Å². The highest BCUT2D eigenvalue weighted by Crippen LogP contribution is 2.33. The van der Waals surface area contributed by atoms with E-state index in [1.54, 1.807) is 48.8 Å². The average Bonchev–Trinajstić information content (AvgIpc) is 3.45. The molecule has 0 bridgehead atoms. The zero-order valence-corrected chi connectivity index (χ0v) is 18.7. The molecule has 1 fully saturated rings. The first-order valence-electron chi connectivity index (χ1n) is 10.9. The van der Waals surface area contributed by atoms with Gasteiger partial charge in [-0.2, -0.15) is 10.4 Å². The molecule has 4 aromatic rings. The second-order valence-corrected chi connectivity index (χ2v) is 7.99. The minimum atomic E-state index is -1.31. The summed E-state index contributed by atoms with van der Waals surface area (Å²) in [6.45, 7) is -0.461. The van der Waals surface area contributed by atoms with Crippen LogP contribution in [0.3, 0.4) is 0 Å². The van der Waals surface area contributed by atoms with Gasteiger partial charge in [-0.25, -0.2) is 19.9 Å². The number of hydrogen-bond donors (Lipinski definition) is 5. The number of fused-ring (bicyclic) bond motifs is 1. The number of imidazole rings is 1. The van der Waals surface area contributed by atoms with Crippen molar-refractivity contribution in [3.8, 4) is 17.5 Å². The standard InChI is InChI=1S/C23H21N9O4/c24-8-12-3-5-13(6-4-12)9-28-31-20-14(2-1-7-26-20)21-29-19(25)16-22(30-21)32(11-27-16)23-18(35)17(34)15(10-33)36-23/h1-7,9,11,15,17-18,23,33-35H,10H2,(H,26,31)(H2,25,29,30)/b28-9+/t15-,17-,18-,23-/m1/s1. The van der Waals surface area contributed by atoms with E-state index < -0.39 is 31.1 Å². The third-order valence-electron chi connectivity index (χ3n) is 5.71. The number of hydrazone groups is 1. The highest BCUT2D eigenvalue weighted by molar-refractivity contribution is 5.85. The van der Waals surface area contributed by atoms with E-state index in [9.17, 15) is 15.3 Å². The molecule has 0 saturated carbocycles. The Labute approximate surface area is 204 Å². The van der Waals surface area contributed by atoms with Crippen molar-refractivity contribution in [1.82, 2.24) is 24.5 Å². The Morgan fingerprint density at radius 2 is 1.97 bits per heavy atom. The zero-order valence-electron chi connectivity index (χ0n) is 18.7. The number of nitrogens with zero attached hydrogens (tertiary/aromatic N) is 7. The fraction of sp³-hybridized carbons (Fsp3) is 0.217. The maximum atomic E-state index is 10.4. The molecule has 36 heavy (non-hydrogen) atoms. The van der Waals surface area contributed by atoms with Crippen LogP contribution in [0.15, 0.2) is 54.0 Å². The number of anilines is 2. The number of nitrogens with two attached hydrogens (primary N) is 1. The number of aromatic nitrogens is 5. The lowest BCUT2D eigenvalue weighted by molar-refractivity contribution is -0.0511. The van der Waals surface area contributed by atoms with Gasteiger partial charge < -0.3 is 25.8 Å². The van der Waals surface area contributed by atoms with Crippen LogP contribution in [0.1, 0.15) is 17.4 Å². The first-order valence-corrected chi connectivity index (χ1v) is 10.9. The first-order chi connectivity index (χ1) is 17.5. The molecule has 4 atom stereocenters. The van der Waals surface area contributed by atoms with Gasteiger partial charge in [0.15, 0.2) is 29.3 Å². The summed E-state index contributed by atoms with van der Waals surface area (Å²) in [6, 6.07) is 12.4. The van der Waals surface area contributed by atoms with Gasteiger partial charge in [-0.15, -0.1) is 0 Å². The quantitative estimate of drug-likeness (QED) is 0.186. The number of ether oxygens (including phenoxy) is 1. The van der Waals surface area contributed by atoms with E-state index in [1.807, 2.05) is 0 Å². The largest absolute Gasteiger partial charge is 0.394 e. The predicted molar refractivity (Wildman–Crippen MR) is 128 cm³/mol. The summed E-state index contributed by atoms with van der Waals surface area (Å²) in [5.74, 6) is 0.675. The summed E-state index contributed by atoms with van der Waals surface area (Å²) in [7, 11) is 0. The molecule has 0 aliphatic carbocycles. The van der Waals surface area contributed by atoms with E-state index >= 15 is 0 Å². The zero-order chi connectivity index (χ0) is 25.2. The Morgan fingerprint density at radius 1 is 1.17 bits per heavy atom. The molecular formula is C23H21N9O4. The van der Waals surface area contributed by atoms with E-state index in [0.717, 1.165) is 5.56 Å². The second kappa shape index (κ2) is 9.64. The molecule has 0 radical (unpaired) electrons. The number of rotatable bonds is 6. The number of aliphatic hydroxyl groups is 3. The summed E-state index contributed by atoms with van der Waals surface area (Å²) in [4.78, 5) is 17.5. The number of hydrogen-bond acceptors (Lipinski definition) is 12. The number of nitrogen functional groups attached to an aromatic ring is 1. The normalized spacial score (nSPS) is 21.7. The molecule has 0 unspecified atom stereocenters.